The summed E-state index contributed by atoms with van der Waals surface area (Å²) in [5, 5.41) is 24.7. The molecule has 2 aliphatic heterocycles. The third-order valence-electron chi connectivity index (χ3n) is 13.0. The molecule has 7 atom stereocenters. The van der Waals surface area contributed by atoms with Gasteiger partial charge in [0.05, 0.1) is 28.5 Å². The summed E-state index contributed by atoms with van der Waals surface area (Å²) >= 11 is 0. The third kappa shape index (κ3) is 3.42. The van der Waals surface area contributed by atoms with Crippen molar-refractivity contribution in [2.45, 2.75) is 134 Å². The molecular formula is C37H47NO5. The average molecular weight is 586 g/mol. The highest BCUT2D eigenvalue weighted by Crippen LogP contribution is 2.69. The average Bonchev–Trinajstić information content (AvgIpc) is 3.52. The van der Waals surface area contributed by atoms with Crippen LogP contribution < -0.4 is 0 Å². The van der Waals surface area contributed by atoms with Crippen LogP contribution in [0.3, 0.4) is 0 Å². The predicted molar refractivity (Wildman–Crippen MR) is 167 cm³/mol. The van der Waals surface area contributed by atoms with Crippen LogP contribution in [0.4, 0.5) is 0 Å². The maximum atomic E-state index is 13.2. The Morgan fingerprint density at radius 2 is 1.77 bits per heavy atom. The van der Waals surface area contributed by atoms with Crippen molar-refractivity contribution in [3.63, 3.8) is 0 Å². The minimum Gasteiger partial charge on any atom is -0.387 e. The van der Waals surface area contributed by atoms with Crippen LogP contribution in [0.15, 0.2) is 29.9 Å². The molecule has 43 heavy (non-hydrogen) atoms. The molecule has 0 saturated heterocycles. The predicted octanol–water partition coefficient (Wildman–Crippen LogP) is 6.10. The Balaban J connectivity index is 1.23. The Morgan fingerprint density at radius 3 is 2.49 bits per heavy atom. The van der Waals surface area contributed by atoms with Crippen molar-refractivity contribution < 1.29 is 24.5 Å². The molecule has 1 aromatic heterocycles. The number of rotatable bonds is 1. The molecular weight excluding hydrogens is 538 g/mol. The summed E-state index contributed by atoms with van der Waals surface area (Å²) in [5.41, 5.74) is 5.02. The Hall–Kier alpha value is -2.25. The van der Waals surface area contributed by atoms with Crippen LogP contribution in [0.1, 0.15) is 103 Å². The number of benzene rings is 1. The van der Waals surface area contributed by atoms with E-state index in [4.69, 9.17) is 9.47 Å². The minimum absolute atomic E-state index is 0.228. The van der Waals surface area contributed by atoms with Crippen molar-refractivity contribution in [2.24, 2.45) is 17.3 Å². The third-order valence-corrected chi connectivity index (χ3v) is 13.0. The summed E-state index contributed by atoms with van der Waals surface area (Å²) in [5.74, 6) is 0.517. The van der Waals surface area contributed by atoms with Crippen LogP contribution >= 0.6 is 0 Å². The zero-order valence-electron chi connectivity index (χ0n) is 27.0. The van der Waals surface area contributed by atoms with Gasteiger partial charge in [-0.1, -0.05) is 13.8 Å². The summed E-state index contributed by atoms with van der Waals surface area (Å²) in [6.07, 6.45) is 7.72. The van der Waals surface area contributed by atoms with Gasteiger partial charge in [-0.25, -0.2) is 0 Å². The molecule has 1 aromatic carbocycles. The number of fused-ring (bicyclic) bond motifs is 12. The topological polar surface area (TPSA) is 91.8 Å². The van der Waals surface area contributed by atoms with Gasteiger partial charge in [-0.3, -0.25) is 4.79 Å². The second-order valence-electron chi connectivity index (χ2n) is 16.7. The Morgan fingerprint density at radius 1 is 1.02 bits per heavy atom. The molecule has 0 bridgehead atoms. The maximum Gasteiger partial charge on any atom is 0.187 e. The molecule has 6 heteroatoms. The first kappa shape index (κ1) is 28.2. The number of aliphatic hydroxyl groups is 2. The number of aromatic amines is 1. The number of H-pyrrole nitrogens is 1. The molecule has 0 radical (unpaired) electrons. The summed E-state index contributed by atoms with van der Waals surface area (Å²) in [6, 6.07) is 4.83. The van der Waals surface area contributed by atoms with Gasteiger partial charge in [-0.15, -0.1) is 0 Å². The molecule has 8 rings (SSSR count). The summed E-state index contributed by atoms with van der Waals surface area (Å²) in [7, 11) is 0. The van der Waals surface area contributed by atoms with E-state index in [0.717, 1.165) is 37.7 Å². The smallest absolute Gasteiger partial charge is 0.187 e. The molecule has 1 unspecified atom stereocenters. The fraction of sp³-hybridized carbons (Fsp3) is 0.649. The lowest BCUT2D eigenvalue weighted by atomic mass is 9.42. The highest BCUT2D eigenvalue weighted by atomic mass is 16.5. The molecule has 0 spiro atoms. The lowest BCUT2D eigenvalue weighted by molar-refractivity contribution is -0.195. The molecule has 3 N–H and O–H groups in total. The standard InChI is InChI=1S/C37H47NO5/c1-32(2)18-24-21-16-27-22(13-19(21)14-25(24)34(5,6)43-32)23-15-20-9-12-37(41)26-17-28(39)31(33(3,4)40)42-29(26)10-11-35(37,7)36(20,8)30(23)38-27/h13,16-18,20,25,29,31,38,40-41H,9-12,14-15H2,1-8H3/t20-,25?,29-,31-,35+,36+,37+/m0/s1. The highest BCUT2D eigenvalue weighted by molar-refractivity contribution is 5.96. The Labute approximate surface area is 254 Å². The first-order valence-electron chi connectivity index (χ1n) is 16.4. The molecule has 4 aliphatic carbocycles. The summed E-state index contributed by atoms with van der Waals surface area (Å²) in [6.45, 7) is 16.6. The van der Waals surface area contributed by atoms with E-state index in [9.17, 15) is 15.0 Å². The van der Waals surface area contributed by atoms with Gasteiger partial charge in [-0.2, -0.15) is 0 Å². The number of carbonyl (C=O) groups is 1. The fourth-order valence-corrected chi connectivity index (χ4v) is 10.9. The number of hydrogen-bond donors (Lipinski definition) is 3. The van der Waals surface area contributed by atoms with Crippen LogP contribution in [-0.4, -0.2) is 55.6 Å². The van der Waals surface area contributed by atoms with E-state index in [1.807, 2.05) is 0 Å². The Kier molecular flexibility index (Phi) is 5.33. The van der Waals surface area contributed by atoms with Gasteiger partial charge >= 0.3 is 0 Å². The van der Waals surface area contributed by atoms with E-state index in [0.29, 0.717) is 18.3 Å². The van der Waals surface area contributed by atoms with Crippen molar-refractivity contribution >= 4 is 22.3 Å². The van der Waals surface area contributed by atoms with E-state index in [1.54, 1.807) is 19.9 Å². The number of ketones is 1. The molecule has 0 amide bonds. The van der Waals surface area contributed by atoms with Gasteiger partial charge in [0, 0.05) is 33.3 Å². The van der Waals surface area contributed by atoms with E-state index in [-0.39, 0.29) is 28.5 Å². The Bertz CT molecular complexity index is 1670. The monoisotopic (exact) mass is 585 g/mol. The molecule has 3 heterocycles. The van der Waals surface area contributed by atoms with Gasteiger partial charge in [0.25, 0.3) is 0 Å². The number of nitrogens with one attached hydrogen (secondary N) is 1. The van der Waals surface area contributed by atoms with Crippen molar-refractivity contribution in [1.29, 1.82) is 0 Å². The van der Waals surface area contributed by atoms with Crippen LogP contribution in [0.25, 0.3) is 16.5 Å². The quantitative estimate of drug-likeness (QED) is 0.376. The molecule has 6 nitrogen and oxygen atoms in total. The van der Waals surface area contributed by atoms with Crippen LogP contribution in [0.5, 0.6) is 0 Å². The van der Waals surface area contributed by atoms with Gasteiger partial charge < -0.3 is 24.7 Å². The van der Waals surface area contributed by atoms with E-state index >= 15 is 0 Å². The van der Waals surface area contributed by atoms with Crippen molar-refractivity contribution in [3.05, 3.63) is 52.2 Å². The maximum absolute atomic E-state index is 13.2. The number of aromatic nitrogens is 1. The van der Waals surface area contributed by atoms with E-state index in [1.165, 1.54) is 38.9 Å². The first-order chi connectivity index (χ1) is 19.9. The number of hydrogen-bond acceptors (Lipinski definition) is 5. The lowest BCUT2D eigenvalue weighted by Gasteiger charge is -2.64. The van der Waals surface area contributed by atoms with E-state index < -0.39 is 22.7 Å². The van der Waals surface area contributed by atoms with Crippen molar-refractivity contribution in [2.75, 3.05) is 0 Å². The highest BCUT2D eigenvalue weighted by Gasteiger charge is 2.70. The van der Waals surface area contributed by atoms with Gasteiger partial charge in [-0.05, 0) is 138 Å². The van der Waals surface area contributed by atoms with Crippen LogP contribution in [-0.2, 0) is 32.5 Å². The number of carbonyl (C=O) groups excluding carboxylic acids is 1. The molecule has 2 aromatic rings. The largest absolute Gasteiger partial charge is 0.387 e. The van der Waals surface area contributed by atoms with Gasteiger partial charge in [0.2, 0.25) is 0 Å². The number of ether oxygens (including phenoxy) is 2. The second kappa shape index (κ2) is 8.12. The minimum atomic E-state index is -1.27. The van der Waals surface area contributed by atoms with Gasteiger partial charge in [0.15, 0.2) is 5.78 Å². The van der Waals surface area contributed by atoms with Crippen LogP contribution in [0, 0.1) is 17.3 Å². The fourth-order valence-electron chi connectivity index (χ4n) is 10.9. The molecule has 6 aliphatic rings. The van der Waals surface area contributed by atoms with E-state index in [2.05, 4.69) is 64.7 Å². The van der Waals surface area contributed by atoms with Gasteiger partial charge in [0.1, 0.15) is 6.10 Å². The summed E-state index contributed by atoms with van der Waals surface area (Å²) in [4.78, 5) is 17.2. The molecule has 230 valence electrons. The van der Waals surface area contributed by atoms with Crippen molar-refractivity contribution in [3.8, 4) is 0 Å². The molecule has 2 fully saturated rings. The normalized spacial score (nSPS) is 40.6. The van der Waals surface area contributed by atoms with Crippen molar-refractivity contribution in [1.82, 2.24) is 4.98 Å². The zero-order chi connectivity index (χ0) is 30.7. The zero-order valence-corrected chi connectivity index (χ0v) is 27.0. The molecule has 2 saturated carbocycles. The lowest BCUT2D eigenvalue weighted by Crippen LogP contribution is -2.68. The summed E-state index contributed by atoms with van der Waals surface area (Å²) < 4.78 is 12.8. The first-order valence-corrected chi connectivity index (χ1v) is 16.4. The van der Waals surface area contributed by atoms with Crippen LogP contribution in [0.2, 0.25) is 0 Å². The second-order valence-corrected chi connectivity index (χ2v) is 16.7. The SMILES string of the molecule is CC1(C)C=C2c3cc4[nH]c5c(c4cc3CC2C(C)(C)O1)C[C@@H]1CC[C@@]2(O)C3=CC(=O)[C@@H](C(C)(C)O)O[C@H]3CC[C@]2(C)[C@@]51C.